The molecule has 3 heterocycles. The molecule has 2 aliphatic rings. The molecule has 1 N–H and O–H groups in total. The Bertz CT molecular complexity index is 1580. The van der Waals surface area contributed by atoms with Crippen molar-refractivity contribution in [3.8, 4) is 5.69 Å². The van der Waals surface area contributed by atoms with E-state index in [2.05, 4.69) is 25.4 Å². The number of sulfone groups is 1. The Morgan fingerprint density at radius 2 is 1.90 bits per heavy atom. The van der Waals surface area contributed by atoms with Crippen LogP contribution in [0.5, 0.6) is 0 Å². The second-order valence-corrected chi connectivity index (χ2v) is 11.9. The highest BCUT2D eigenvalue weighted by atomic mass is 35.5. The van der Waals surface area contributed by atoms with E-state index in [0.29, 0.717) is 61.2 Å². The van der Waals surface area contributed by atoms with Gasteiger partial charge in [-0.25, -0.2) is 13.0 Å². The number of ether oxygens (including phenoxy) is 1. The molecule has 208 valence electrons. The van der Waals surface area contributed by atoms with Gasteiger partial charge < -0.3 is 15.0 Å². The van der Waals surface area contributed by atoms with E-state index in [-0.39, 0.29) is 16.7 Å². The Balaban J connectivity index is 1.40. The van der Waals surface area contributed by atoms with Crippen LogP contribution >= 0.6 is 11.6 Å². The van der Waals surface area contributed by atoms with E-state index in [1.54, 1.807) is 24.3 Å². The number of hydrogen-bond acceptors (Lipinski definition) is 8. The number of nitrogens with one attached hydrogen (secondary N) is 1. The van der Waals surface area contributed by atoms with Crippen molar-refractivity contribution in [3.05, 3.63) is 65.5 Å². The van der Waals surface area contributed by atoms with Crippen LogP contribution in [-0.2, 0) is 24.2 Å². The fourth-order valence-corrected chi connectivity index (χ4v) is 5.50. The summed E-state index contributed by atoms with van der Waals surface area (Å²) < 4.78 is 32.6. The van der Waals surface area contributed by atoms with Crippen molar-refractivity contribution in [3.63, 3.8) is 0 Å². The van der Waals surface area contributed by atoms with Gasteiger partial charge in [0.2, 0.25) is 11.8 Å². The Morgan fingerprint density at radius 1 is 1.15 bits per heavy atom. The van der Waals surface area contributed by atoms with Crippen LogP contribution in [0, 0.1) is 0 Å². The molecule has 2 fully saturated rings. The lowest BCUT2D eigenvalue weighted by Gasteiger charge is -2.21. The molecule has 14 heteroatoms. The number of benzene rings is 2. The molecule has 2 aliphatic heterocycles. The normalized spacial score (nSPS) is 17.9. The molecule has 0 aliphatic carbocycles. The number of hydrogen-bond donors (Lipinski definition) is 1. The highest BCUT2D eigenvalue weighted by Gasteiger charge is 2.41. The molecule has 1 atom stereocenters. The molecule has 40 heavy (non-hydrogen) atoms. The number of amides is 2. The van der Waals surface area contributed by atoms with Gasteiger partial charge in [-0.1, -0.05) is 11.6 Å². The van der Waals surface area contributed by atoms with Crippen molar-refractivity contribution in [1.29, 1.82) is 0 Å². The van der Waals surface area contributed by atoms with Crippen molar-refractivity contribution in [2.75, 3.05) is 44.4 Å². The van der Waals surface area contributed by atoms with E-state index in [9.17, 15) is 18.0 Å². The summed E-state index contributed by atoms with van der Waals surface area (Å²) in [4.78, 5) is 28.6. The molecule has 5 rings (SSSR count). The fraction of sp³-hybridized carbons (Fsp3) is 0.308. The number of tetrazole rings is 1. The van der Waals surface area contributed by atoms with Gasteiger partial charge in [-0.2, -0.15) is 4.68 Å². The summed E-state index contributed by atoms with van der Waals surface area (Å²) in [5.74, 6) is -0.715. The molecular weight excluding hydrogens is 558 g/mol. The zero-order valence-electron chi connectivity index (χ0n) is 21.6. The largest absolute Gasteiger partial charge is 0.368 e. The molecule has 0 spiro atoms. The van der Waals surface area contributed by atoms with Crippen molar-refractivity contribution >= 4 is 50.7 Å². The summed E-state index contributed by atoms with van der Waals surface area (Å²) in [6.45, 7) is 2.83. The highest BCUT2D eigenvalue weighted by Crippen LogP contribution is 2.23. The maximum Gasteiger partial charge on any atom is 0.247 e. The molecule has 0 unspecified atom stereocenters. The highest BCUT2D eigenvalue weighted by molar-refractivity contribution is 7.90. The number of nitrogens with zero attached hydrogens (tertiary/aromatic N) is 6. The first kappa shape index (κ1) is 27.6. The SMILES string of the molecule is CS(=O)(=O)c1ccc(NC(=O)[C@@H]2CC(=[N+]3CCOCC3)CN2C(=O)/C=C/c2cc(Cl)ccc2-n2cnnn2)cc1. The first-order valence-corrected chi connectivity index (χ1v) is 14.8. The molecule has 2 aromatic carbocycles. The summed E-state index contributed by atoms with van der Waals surface area (Å²) in [5.41, 5.74) is 2.67. The topological polar surface area (TPSA) is 139 Å². The van der Waals surface area contributed by atoms with Crippen LogP contribution in [0.2, 0.25) is 5.02 Å². The lowest BCUT2D eigenvalue weighted by molar-refractivity contribution is -0.550. The van der Waals surface area contributed by atoms with Gasteiger partial charge in [0.05, 0.1) is 17.0 Å². The quantitative estimate of drug-likeness (QED) is 0.339. The first-order valence-electron chi connectivity index (χ1n) is 12.5. The molecule has 2 saturated heterocycles. The van der Waals surface area contributed by atoms with Crippen LogP contribution in [0.1, 0.15) is 12.0 Å². The van der Waals surface area contributed by atoms with Crippen LogP contribution in [0.25, 0.3) is 11.8 Å². The van der Waals surface area contributed by atoms with Crippen molar-refractivity contribution in [2.24, 2.45) is 0 Å². The summed E-state index contributed by atoms with van der Waals surface area (Å²) >= 11 is 6.21. The van der Waals surface area contributed by atoms with Crippen molar-refractivity contribution < 1.29 is 27.3 Å². The number of carbonyl (C=O) groups is 2. The van der Waals surface area contributed by atoms with Crippen molar-refractivity contribution in [2.45, 2.75) is 17.4 Å². The maximum absolute atomic E-state index is 13.5. The van der Waals surface area contributed by atoms with E-state index in [1.807, 2.05) is 0 Å². The maximum atomic E-state index is 13.5. The number of anilines is 1. The lowest BCUT2D eigenvalue weighted by atomic mass is 10.1. The summed E-state index contributed by atoms with van der Waals surface area (Å²) in [6.07, 6.45) is 5.96. The minimum atomic E-state index is -3.37. The van der Waals surface area contributed by atoms with Gasteiger partial charge in [-0.3, -0.25) is 9.59 Å². The third kappa shape index (κ3) is 6.27. The fourth-order valence-electron chi connectivity index (χ4n) is 4.69. The second kappa shape index (κ2) is 11.7. The van der Waals surface area contributed by atoms with E-state index >= 15 is 0 Å². The minimum Gasteiger partial charge on any atom is -0.368 e. The number of halogens is 1. The Labute approximate surface area is 235 Å². The Morgan fingerprint density at radius 3 is 2.58 bits per heavy atom. The van der Waals surface area contributed by atoms with Gasteiger partial charge in [0, 0.05) is 28.6 Å². The lowest BCUT2D eigenvalue weighted by Crippen LogP contribution is -2.42. The van der Waals surface area contributed by atoms with Crippen LogP contribution in [0.4, 0.5) is 5.69 Å². The summed E-state index contributed by atoms with van der Waals surface area (Å²) in [5, 5.41) is 14.5. The van der Waals surface area contributed by atoms with Gasteiger partial charge in [-0.05, 0) is 59.0 Å². The second-order valence-electron chi connectivity index (χ2n) is 9.43. The average Bonchev–Trinajstić information content (AvgIpc) is 3.63. The Kier molecular flexibility index (Phi) is 8.05. The predicted octanol–water partition coefficient (Wildman–Crippen LogP) is 1.46. The third-order valence-electron chi connectivity index (χ3n) is 6.74. The zero-order valence-corrected chi connectivity index (χ0v) is 23.2. The molecule has 12 nitrogen and oxygen atoms in total. The number of rotatable bonds is 6. The Hall–Kier alpha value is -3.94. The molecule has 0 saturated carbocycles. The van der Waals surface area contributed by atoms with E-state index < -0.39 is 15.9 Å². The number of morpholine rings is 1. The van der Waals surface area contributed by atoms with Gasteiger partial charge in [0.25, 0.3) is 0 Å². The number of aromatic nitrogens is 4. The van der Waals surface area contributed by atoms with Crippen molar-refractivity contribution in [1.82, 2.24) is 25.1 Å². The summed E-state index contributed by atoms with van der Waals surface area (Å²) in [7, 11) is -3.37. The van der Waals surface area contributed by atoms with E-state index in [0.717, 1.165) is 12.0 Å². The molecule has 0 bridgehead atoms. The van der Waals surface area contributed by atoms with Gasteiger partial charge >= 0.3 is 0 Å². The third-order valence-corrected chi connectivity index (χ3v) is 8.11. The monoisotopic (exact) mass is 584 g/mol. The summed E-state index contributed by atoms with van der Waals surface area (Å²) in [6, 6.07) is 10.3. The molecule has 3 aromatic rings. The first-order chi connectivity index (χ1) is 19.2. The number of carbonyl (C=O) groups excluding carboxylic acids is 2. The molecule has 1 aromatic heterocycles. The number of likely N-dealkylation sites (tertiary alicyclic amines) is 1. The van der Waals surface area contributed by atoms with Gasteiger partial charge in [-0.15, -0.1) is 5.10 Å². The van der Waals surface area contributed by atoms with Gasteiger partial charge in [0.15, 0.2) is 28.6 Å². The smallest absolute Gasteiger partial charge is 0.247 e. The molecular formula is C26H27ClN7O5S+. The van der Waals surface area contributed by atoms with Crippen LogP contribution < -0.4 is 5.32 Å². The standard InChI is InChI=1S/C26H26ClN7O5S/c1-40(37,38)22-6-4-20(5-7-22)29-26(36)24-15-21(32-10-12-39-13-11-32)16-33(24)25(35)9-2-18-14-19(27)3-8-23(18)34-17-28-30-31-34/h2-9,14,17,24H,10-13,15-16H2,1H3/p+1/b9-2+/t24-/m0/s1. The van der Waals surface area contributed by atoms with E-state index in [4.69, 9.17) is 16.3 Å². The average molecular weight is 585 g/mol. The van der Waals surface area contributed by atoms with Crippen LogP contribution in [-0.4, -0.2) is 101 Å². The van der Waals surface area contributed by atoms with Gasteiger partial charge in [0.1, 0.15) is 32.1 Å². The zero-order chi connectivity index (χ0) is 28.3. The van der Waals surface area contributed by atoms with Crippen LogP contribution in [0.15, 0.2) is 59.8 Å². The minimum absolute atomic E-state index is 0.151. The van der Waals surface area contributed by atoms with Crippen LogP contribution in [0.3, 0.4) is 0 Å². The van der Waals surface area contributed by atoms with E-state index in [1.165, 1.54) is 46.3 Å². The molecule has 0 radical (unpaired) electrons. The predicted molar refractivity (Wildman–Crippen MR) is 147 cm³/mol. The molecule has 2 amide bonds.